The fraction of sp³-hybridized carbons (Fsp3) is 0.526. The Balaban J connectivity index is 1.49. The Morgan fingerprint density at radius 3 is 3.00 bits per heavy atom. The maximum atomic E-state index is 12.4. The lowest BCUT2D eigenvalue weighted by Gasteiger charge is -2.35. The van der Waals surface area contributed by atoms with Crippen LogP contribution in [0.5, 0.6) is 0 Å². The molecule has 0 radical (unpaired) electrons. The number of likely N-dealkylation sites (tertiary alicyclic amines) is 1. The minimum atomic E-state index is 0.0250. The summed E-state index contributed by atoms with van der Waals surface area (Å²) in [6.45, 7) is 6.89. The Bertz CT molecular complexity index is 956. The zero-order valence-electron chi connectivity index (χ0n) is 15.4. The van der Waals surface area contributed by atoms with Gasteiger partial charge in [-0.2, -0.15) is 0 Å². The van der Waals surface area contributed by atoms with Crippen molar-refractivity contribution in [3.63, 3.8) is 0 Å². The number of thiazole rings is 1. The van der Waals surface area contributed by atoms with Gasteiger partial charge in [0.25, 0.3) is 5.56 Å². The molecule has 0 aliphatic carbocycles. The number of rotatable bonds is 5. The Hall–Kier alpha value is -1.99. The van der Waals surface area contributed by atoms with E-state index in [1.165, 1.54) is 19.3 Å². The molecule has 0 spiro atoms. The van der Waals surface area contributed by atoms with Crippen molar-refractivity contribution in [2.24, 2.45) is 0 Å². The minimum absolute atomic E-state index is 0.0250. The van der Waals surface area contributed by atoms with Crippen LogP contribution in [0.25, 0.3) is 4.96 Å². The number of hydrogen-bond donors (Lipinski definition) is 0. The molecule has 0 N–H and O–H groups in total. The van der Waals surface area contributed by atoms with Crippen molar-refractivity contribution in [3.05, 3.63) is 51.4 Å². The van der Waals surface area contributed by atoms with Gasteiger partial charge in [-0.25, -0.2) is 9.97 Å². The van der Waals surface area contributed by atoms with Gasteiger partial charge in [0, 0.05) is 48.7 Å². The van der Waals surface area contributed by atoms with Crippen molar-refractivity contribution < 1.29 is 0 Å². The molecule has 3 aromatic heterocycles. The van der Waals surface area contributed by atoms with Crippen LogP contribution in [0.1, 0.15) is 42.1 Å². The van der Waals surface area contributed by atoms with Crippen molar-refractivity contribution in [3.8, 4) is 0 Å². The summed E-state index contributed by atoms with van der Waals surface area (Å²) >= 11 is 1.58. The van der Waals surface area contributed by atoms with Crippen LogP contribution in [0.15, 0.2) is 29.5 Å². The van der Waals surface area contributed by atoms with E-state index < -0.39 is 0 Å². The Labute approximate surface area is 157 Å². The lowest BCUT2D eigenvalue weighted by Crippen LogP contribution is -2.40. The fourth-order valence-electron chi connectivity index (χ4n) is 3.87. The summed E-state index contributed by atoms with van der Waals surface area (Å²) in [5, 5.41) is 0. The van der Waals surface area contributed by atoms with E-state index in [2.05, 4.69) is 20.6 Å². The SMILES string of the molecule is Cc1cn2c(=O)cc(CN3CCCC[C@H]3CCn3ccnc3C)nc2s1. The summed E-state index contributed by atoms with van der Waals surface area (Å²) in [7, 11) is 0. The van der Waals surface area contributed by atoms with Crippen LogP contribution in [0, 0.1) is 13.8 Å². The van der Waals surface area contributed by atoms with E-state index in [1.54, 1.807) is 21.8 Å². The maximum absolute atomic E-state index is 12.4. The van der Waals surface area contributed by atoms with Crippen LogP contribution in [0.4, 0.5) is 0 Å². The van der Waals surface area contributed by atoms with E-state index >= 15 is 0 Å². The number of fused-ring (bicyclic) bond motifs is 1. The number of imidazole rings is 1. The molecule has 7 heteroatoms. The third kappa shape index (κ3) is 3.59. The maximum Gasteiger partial charge on any atom is 0.258 e. The van der Waals surface area contributed by atoms with E-state index in [9.17, 15) is 4.79 Å². The van der Waals surface area contributed by atoms with E-state index in [0.29, 0.717) is 6.04 Å². The van der Waals surface area contributed by atoms with Gasteiger partial charge in [-0.05, 0) is 39.7 Å². The van der Waals surface area contributed by atoms with Crippen molar-refractivity contribution in [1.82, 2.24) is 23.8 Å². The van der Waals surface area contributed by atoms with Gasteiger partial charge in [0.1, 0.15) is 5.82 Å². The smallest absolute Gasteiger partial charge is 0.258 e. The molecule has 0 amide bonds. The summed E-state index contributed by atoms with van der Waals surface area (Å²) in [4.78, 5) is 25.8. The molecule has 6 nitrogen and oxygen atoms in total. The number of nitrogens with zero attached hydrogens (tertiary/aromatic N) is 5. The molecule has 0 bridgehead atoms. The van der Waals surface area contributed by atoms with Gasteiger partial charge in [0.2, 0.25) is 0 Å². The number of aromatic nitrogens is 4. The second-order valence-corrected chi connectivity index (χ2v) is 8.37. The molecule has 1 aliphatic rings. The van der Waals surface area contributed by atoms with Crippen LogP contribution < -0.4 is 5.56 Å². The average molecular weight is 372 g/mol. The Morgan fingerprint density at radius 2 is 2.19 bits per heavy atom. The molecule has 1 saturated heterocycles. The summed E-state index contributed by atoms with van der Waals surface area (Å²) < 4.78 is 3.87. The van der Waals surface area contributed by atoms with Gasteiger partial charge in [-0.1, -0.05) is 6.42 Å². The highest BCUT2D eigenvalue weighted by Gasteiger charge is 2.23. The fourth-order valence-corrected chi connectivity index (χ4v) is 4.72. The van der Waals surface area contributed by atoms with Gasteiger partial charge in [0.15, 0.2) is 4.96 Å². The van der Waals surface area contributed by atoms with Crippen molar-refractivity contribution >= 4 is 16.3 Å². The molecule has 0 saturated carbocycles. The summed E-state index contributed by atoms with van der Waals surface area (Å²) in [6, 6.07) is 2.24. The van der Waals surface area contributed by atoms with Crippen LogP contribution in [-0.2, 0) is 13.1 Å². The largest absolute Gasteiger partial charge is 0.335 e. The van der Waals surface area contributed by atoms with Gasteiger partial charge >= 0.3 is 0 Å². The zero-order chi connectivity index (χ0) is 18.1. The van der Waals surface area contributed by atoms with Gasteiger partial charge in [0.05, 0.1) is 5.69 Å². The van der Waals surface area contributed by atoms with Crippen LogP contribution in [0.3, 0.4) is 0 Å². The summed E-state index contributed by atoms with van der Waals surface area (Å²) in [6.07, 6.45) is 10.6. The topological polar surface area (TPSA) is 55.4 Å². The molecule has 1 fully saturated rings. The first-order valence-electron chi connectivity index (χ1n) is 9.30. The molecule has 26 heavy (non-hydrogen) atoms. The number of aryl methyl sites for hydroxylation is 3. The molecular formula is C19H25N5OS. The third-order valence-electron chi connectivity index (χ3n) is 5.28. The van der Waals surface area contributed by atoms with Gasteiger partial charge < -0.3 is 4.57 Å². The summed E-state index contributed by atoms with van der Waals surface area (Å²) in [5.74, 6) is 1.07. The molecule has 138 valence electrons. The summed E-state index contributed by atoms with van der Waals surface area (Å²) in [5.41, 5.74) is 0.916. The molecule has 4 heterocycles. The number of hydrogen-bond acceptors (Lipinski definition) is 5. The van der Waals surface area contributed by atoms with Crippen LogP contribution in [0.2, 0.25) is 0 Å². The van der Waals surface area contributed by atoms with Gasteiger partial charge in [-0.15, -0.1) is 11.3 Å². The van der Waals surface area contributed by atoms with E-state index in [0.717, 1.165) is 47.4 Å². The van der Waals surface area contributed by atoms with E-state index in [1.807, 2.05) is 26.2 Å². The molecule has 0 unspecified atom stereocenters. The average Bonchev–Trinajstić information content (AvgIpc) is 3.19. The zero-order valence-corrected chi connectivity index (χ0v) is 16.2. The second kappa shape index (κ2) is 7.32. The van der Waals surface area contributed by atoms with E-state index in [4.69, 9.17) is 4.98 Å². The van der Waals surface area contributed by atoms with Crippen LogP contribution >= 0.6 is 11.3 Å². The first-order valence-corrected chi connectivity index (χ1v) is 10.1. The second-order valence-electron chi connectivity index (χ2n) is 7.16. The molecular weight excluding hydrogens is 346 g/mol. The molecule has 3 aromatic rings. The molecule has 0 aromatic carbocycles. The number of piperidine rings is 1. The molecule has 1 aliphatic heterocycles. The lowest BCUT2D eigenvalue weighted by molar-refractivity contribution is 0.126. The first-order chi connectivity index (χ1) is 12.6. The highest BCUT2D eigenvalue weighted by Crippen LogP contribution is 2.23. The lowest BCUT2D eigenvalue weighted by atomic mass is 9.99. The van der Waals surface area contributed by atoms with Crippen molar-refractivity contribution in [1.29, 1.82) is 0 Å². The Morgan fingerprint density at radius 1 is 1.31 bits per heavy atom. The first kappa shape index (κ1) is 17.4. The van der Waals surface area contributed by atoms with Crippen molar-refractivity contribution in [2.45, 2.75) is 58.7 Å². The predicted molar refractivity (Wildman–Crippen MR) is 104 cm³/mol. The highest BCUT2D eigenvalue weighted by atomic mass is 32.1. The standard InChI is InChI=1S/C19H25N5OS/c1-14-12-24-18(25)11-16(21-19(24)26-14)13-23-8-4-3-5-17(23)6-9-22-10-7-20-15(22)2/h7,10-12,17H,3-6,8-9,13H2,1-2H3/t17-/m0/s1. The monoisotopic (exact) mass is 371 g/mol. The Kier molecular flexibility index (Phi) is 4.91. The predicted octanol–water partition coefficient (Wildman–Crippen LogP) is 3.01. The van der Waals surface area contributed by atoms with Gasteiger partial charge in [-0.3, -0.25) is 14.1 Å². The molecule has 1 atom stereocenters. The van der Waals surface area contributed by atoms with Crippen LogP contribution in [-0.4, -0.2) is 36.4 Å². The highest BCUT2D eigenvalue weighted by molar-refractivity contribution is 7.16. The quantitative estimate of drug-likeness (QED) is 0.692. The molecule has 4 rings (SSSR count). The van der Waals surface area contributed by atoms with E-state index in [-0.39, 0.29) is 5.56 Å². The normalized spacial score (nSPS) is 18.6. The minimum Gasteiger partial charge on any atom is -0.335 e. The third-order valence-corrected chi connectivity index (χ3v) is 6.18. The van der Waals surface area contributed by atoms with Crippen molar-refractivity contribution in [2.75, 3.05) is 6.54 Å².